The predicted octanol–water partition coefficient (Wildman–Crippen LogP) is 3.20. The summed E-state index contributed by atoms with van der Waals surface area (Å²) in [6.07, 6.45) is 0.128. The summed E-state index contributed by atoms with van der Waals surface area (Å²) >= 11 is 5.91. The highest BCUT2D eigenvalue weighted by molar-refractivity contribution is 6.31. The van der Waals surface area contributed by atoms with Crippen molar-refractivity contribution in [1.29, 1.82) is 0 Å². The number of hydrogen-bond acceptors (Lipinski definition) is 3. The molecule has 0 bridgehead atoms. The van der Waals surface area contributed by atoms with Gasteiger partial charge in [-0.1, -0.05) is 41.9 Å². The molecule has 0 unspecified atom stereocenters. The molecule has 2 aromatic carbocycles. The average Bonchev–Trinajstić information content (AvgIpc) is 2.87. The number of carbonyl (C=O) groups excluding carboxylic acids is 2. The summed E-state index contributed by atoms with van der Waals surface area (Å²) in [5.74, 6) is -1.01. The molecule has 5 nitrogen and oxygen atoms in total. The molecule has 1 heterocycles. The number of rotatable bonds is 3. The highest BCUT2D eigenvalue weighted by Crippen LogP contribution is 2.38. The number of nitrogens with zero attached hydrogens (tertiary/aromatic N) is 1. The molecule has 24 heavy (non-hydrogen) atoms. The van der Waals surface area contributed by atoms with Gasteiger partial charge in [-0.15, -0.1) is 0 Å². The van der Waals surface area contributed by atoms with E-state index in [4.69, 9.17) is 11.6 Å². The van der Waals surface area contributed by atoms with Gasteiger partial charge in [-0.2, -0.15) is 0 Å². The molecule has 2 atom stereocenters. The molecule has 0 aliphatic carbocycles. The minimum Gasteiger partial charge on any atom is -0.506 e. The third-order valence-corrected chi connectivity index (χ3v) is 4.52. The van der Waals surface area contributed by atoms with Crippen LogP contribution in [0.3, 0.4) is 0 Å². The Bertz CT molecular complexity index is 779. The van der Waals surface area contributed by atoms with Gasteiger partial charge in [0.15, 0.2) is 0 Å². The summed E-state index contributed by atoms with van der Waals surface area (Å²) in [5.41, 5.74) is 1.14. The van der Waals surface area contributed by atoms with Crippen LogP contribution in [-0.2, 0) is 9.59 Å². The smallest absolute Gasteiger partial charge is 0.230 e. The first kappa shape index (κ1) is 16.3. The maximum Gasteiger partial charge on any atom is 0.230 e. The van der Waals surface area contributed by atoms with Crippen molar-refractivity contribution in [2.24, 2.45) is 5.92 Å². The van der Waals surface area contributed by atoms with Crippen molar-refractivity contribution in [1.82, 2.24) is 4.90 Å². The summed E-state index contributed by atoms with van der Waals surface area (Å²) in [6.45, 7) is 0. The first-order valence-electron chi connectivity index (χ1n) is 7.57. The molecular weight excluding hydrogens is 328 g/mol. The summed E-state index contributed by atoms with van der Waals surface area (Å²) in [6, 6.07) is 13.5. The third-order valence-electron chi connectivity index (χ3n) is 4.28. The maximum atomic E-state index is 12.7. The van der Waals surface area contributed by atoms with E-state index in [0.29, 0.717) is 5.02 Å². The van der Waals surface area contributed by atoms with Gasteiger partial charge in [-0.3, -0.25) is 9.59 Å². The molecule has 2 amide bonds. The lowest BCUT2D eigenvalue weighted by Gasteiger charge is -2.25. The molecule has 124 valence electrons. The number of amides is 2. The molecule has 0 saturated carbocycles. The van der Waals surface area contributed by atoms with Gasteiger partial charge in [0.25, 0.3) is 0 Å². The number of benzene rings is 2. The van der Waals surface area contributed by atoms with Gasteiger partial charge in [-0.25, -0.2) is 0 Å². The highest BCUT2D eigenvalue weighted by atomic mass is 35.5. The predicted molar refractivity (Wildman–Crippen MR) is 91.8 cm³/mol. The molecule has 0 spiro atoms. The number of phenols is 1. The van der Waals surface area contributed by atoms with Crippen LogP contribution < -0.4 is 5.32 Å². The molecule has 1 aliphatic rings. The number of aromatic hydroxyl groups is 1. The lowest BCUT2D eigenvalue weighted by molar-refractivity contribution is -0.127. The normalized spacial score (nSPS) is 20.2. The Balaban J connectivity index is 1.87. The third kappa shape index (κ3) is 3.08. The maximum absolute atomic E-state index is 12.7. The Morgan fingerprint density at radius 3 is 2.67 bits per heavy atom. The van der Waals surface area contributed by atoms with Gasteiger partial charge in [0.2, 0.25) is 11.8 Å². The van der Waals surface area contributed by atoms with Crippen LogP contribution in [0.4, 0.5) is 5.69 Å². The lowest BCUT2D eigenvalue weighted by atomic mass is 9.93. The Morgan fingerprint density at radius 2 is 1.96 bits per heavy atom. The van der Waals surface area contributed by atoms with Crippen LogP contribution in [0.15, 0.2) is 48.5 Å². The van der Waals surface area contributed by atoms with Crippen molar-refractivity contribution in [3.8, 4) is 5.75 Å². The first-order valence-corrected chi connectivity index (χ1v) is 7.95. The molecule has 2 N–H and O–H groups in total. The number of halogens is 1. The molecular formula is C18H17ClN2O3. The van der Waals surface area contributed by atoms with E-state index in [-0.39, 0.29) is 35.7 Å². The second-order valence-corrected chi connectivity index (χ2v) is 6.26. The Morgan fingerprint density at radius 1 is 1.25 bits per heavy atom. The standard InChI is InChI=1S/C18H17ClN2O3/c1-21-16(23)10-13(17(21)11-5-3-2-4-6-11)18(24)20-14-9-12(19)7-8-15(14)22/h2-9,13,17,22H,10H2,1H3,(H,20,24)/t13-,17-/m0/s1. The van der Waals surface area contributed by atoms with E-state index in [0.717, 1.165) is 5.56 Å². The van der Waals surface area contributed by atoms with E-state index in [1.165, 1.54) is 18.2 Å². The fourth-order valence-corrected chi connectivity index (χ4v) is 3.22. The lowest BCUT2D eigenvalue weighted by Crippen LogP contribution is -2.30. The van der Waals surface area contributed by atoms with Gasteiger partial charge < -0.3 is 15.3 Å². The van der Waals surface area contributed by atoms with Crippen LogP contribution in [-0.4, -0.2) is 28.9 Å². The van der Waals surface area contributed by atoms with Crippen molar-refractivity contribution in [3.05, 3.63) is 59.1 Å². The van der Waals surface area contributed by atoms with Crippen LogP contribution in [0.1, 0.15) is 18.0 Å². The van der Waals surface area contributed by atoms with E-state index in [1.807, 2.05) is 30.3 Å². The van der Waals surface area contributed by atoms with Gasteiger partial charge in [-0.05, 0) is 23.8 Å². The number of carbonyl (C=O) groups is 2. The largest absolute Gasteiger partial charge is 0.506 e. The van der Waals surface area contributed by atoms with Crippen LogP contribution in [0, 0.1) is 5.92 Å². The van der Waals surface area contributed by atoms with E-state index < -0.39 is 5.92 Å². The van der Waals surface area contributed by atoms with Gasteiger partial charge >= 0.3 is 0 Å². The SMILES string of the molecule is CN1C(=O)C[C@H](C(=O)Nc2cc(Cl)ccc2O)[C@@H]1c1ccccc1. The van der Waals surface area contributed by atoms with Crippen molar-refractivity contribution in [2.45, 2.75) is 12.5 Å². The Hall–Kier alpha value is -2.53. The molecule has 0 radical (unpaired) electrons. The zero-order valence-electron chi connectivity index (χ0n) is 13.1. The Labute approximate surface area is 144 Å². The molecule has 6 heteroatoms. The molecule has 1 aliphatic heterocycles. The molecule has 3 rings (SSSR count). The molecule has 1 fully saturated rings. The fraction of sp³-hybridized carbons (Fsp3) is 0.222. The van der Waals surface area contributed by atoms with Crippen LogP contribution in [0.2, 0.25) is 5.02 Å². The van der Waals surface area contributed by atoms with Gasteiger partial charge in [0.05, 0.1) is 17.6 Å². The van der Waals surface area contributed by atoms with Crippen molar-refractivity contribution in [3.63, 3.8) is 0 Å². The summed E-state index contributed by atoms with van der Waals surface area (Å²) in [7, 11) is 1.70. The number of anilines is 1. The van der Waals surface area contributed by atoms with E-state index in [9.17, 15) is 14.7 Å². The van der Waals surface area contributed by atoms with Gasteiger partial charge in [0.1, 0.15) is 5.75 Å². The zero-order chi connectivity index (χ0) is 17.3. The number of phenolic OH excluding ortho intramolecular Hbond substituents is 1. The minimum atomic E-state index is -0.539. The summed E-state index contributed by atoms with van der Waals surface area (Å²) in [5, 5.41) is 12.9. The van der Waals surface area contributed by atoms with Crippen LogP contribution in [0.25, 0.3) is 0 Å². The molecule has 2 aromatic rings. The zero-order valence-corrected chi connectivity index (χ0v) is 13.8. The van der Waals surface area contributed by atoms with E-state index in [2.05, 4.69) is 5.32 Å². The van der Waals surface area contributed by atoms with Crippen LogP contribution in [0.5, 0.6) is 5.75 Å². The average molecular weight is 345 g/mol. The second-order valence-electron chi connectivity index (χ2n) is 5.82. The Kier molecular flexibility index (Phi) is 4.44. The first-order chi connectivity index (χ1) is 11.5. The van der Waals surface area contributed by atoms with Crippen LogP contribution >= 0.6 is 11.6 Å². The minimum absolute atomic E-state index is 0.0679. The topological polar surface area (TPSA) is 69.6 Å². The van der Waals surface area contributed by atoms with Crippen molar-refractivity contribution >= 4 is 29.1 Å². The second kappa shape index (κ2) is 6.53. The molecule has 1 saturated heterocycles. The van der Waals surface area contributed by atoms with Crippen molar-refractivity contribution < 1.29 is 14.7 Å². The molecule has 0 aromatic heterocycles. The number of nitrogens with one attached hydrogen (secondary N) is 1. The summed E-state index contributed by atoms with van der Waals surface area (Å²) < 4.78 is 0. The number of likely N-dealkylation sites (tertiary alicyclic amines) is 1. The monoisotopic (exact) mass is 344 g/mol. The quantitative estimate of drug-likeness (QED) is 0.840. The number of hydrogen-bond donors (Lipinski definition) is 2. The summed E-state index contributed by atoms with van der Waals surface area (Å²) in [4.78, 5) is 26.4. The fourth-order valence-electron chi connectivity index (χ4n) is 3.04. The van der Waals surface area contributed by atoms with Gasteiger partial charge in [0, 0.05) is 18.5 Å². The van der Waals surface area contributed by atoms with E-state index >= 15 is 0 Å². The van der Waals surface area contributed by atoms with E-state index in [1.54, 1.807) is 11.9 Å². The highest BCUT2D eigenvalue weighted by Gasteiger charge is 2.42. The van der Waals surface area contributed by atoms with Crippen molar-refractivity contribution in [2.75, 3.05) is 12.4 Å².